The minimum Gasteiger partial charge on any atom is -0.394 e. The van der Waals surface area contributed by atoms with Crippen LogP contribution in [0.4, 0.5) is 0 Å². The molecule has 5 N–H and O–H groups in total. The lowest BCUT2D eigenvalue weighted by Crippen LogP contribution is -2.55. The highest BCUT2D eigenvalue weighted by molar-refractivity contribution is 7.81. The fourth-order valence-corrected chi connectivity index (χ4v) is 1.87. The molecule has 22 heavy (non-hydrogen) atoms. The molecule has 2 atom stereocenters. The number of aliphatic hydroxyl groups excluding tert-OH is 1. The minimum absolute atomic E-state index is 0.118. The van der Waals surface area contributed by atoms with Crippen molar-refractivity contribution in [2.45, 2.75) is 18.5 Å². The summed E-state index contributed by atoms with van der Waals surface area (Å²) in [6.07, 6.45) is 0.223. The molecule has 0 saturated heterocycles. The van der Waals surface area contributed by atoms with E-state index in [9.17, 15) is 14.4 Å². The molecule has 0 heterocycles. The van der Waals surface area contributed by atoms with E-state index in [1.807, 2.05) is 6.07 Å². The second-order valence-electron chi connectivity index (χ2n) is 4.61. The molecule has 0 spiro atoms. The van der Waals surface area contributed by atoms with Crippen LogP contribution in [0.1, 0.15) is 5.56 Å². The van der Waals surface area contributed by atoms with Gasteiger partial charge < -0.3 is 21.5 Å². The molecular weight excluding hydrogens is 306 g/mol. The van der Waals surface area contributed by atoms with E-state index in [4.69, 9.17) is 10.8 Å². The summed E-state index contributed by atoms with van der Waals surface area (Å²) in [5, 5.41) is 13.9. The van der Waals surface area contributed by atoms with Crippen LogP contribution >= 0.6 is 12.6 Å². The summed E-state index contributed by atoms with van der Waals surface area (Å²) in [6, 6.07) is 6.95. The van der Waals surface area contributed by atoms with E-state index in [-0.39, 0.29) is 12.2 Å². The predicted octanol–water partition coefficient (Wildman–Crippen LogP) is -1.39. The zero-order chi connectivity index (χ0) is 16.5. The number of carbonyl (C=O) groups is 3. The van der Waals surface area contributed by atoms with Gasteiger partial charge in [-0.2, -0.15) is 12.6 Å². The Hall–Kier alpha value is -2.06. The van der Waals surface area contributed by atoms with Crippen LogP contribution in [0.25, 0.3) is 0 Å². The van der Waals surface area contributed by atoms with Crippen molar-refractivity contribution in [2.24, 2.45) is 5.73 Å². The van der Waals surface area contributed by atoms with E-state index < -0.39 is 36.4 Å². The van der Waals surface area contributed by atoms with Gasteiger partial charge in [-0.25, -0.2) is 0 Å². The molecular formula is C14H19N3O4S. The number of nitrogens with one attached hydrogen (secondary N) is 2. The molecule has 0 bridgehead atoms. The van der Waals surface area contributed by atoms with Crippen LogP contribution in [0.2, 0.25) is 0 Å². The quantitative estimate of drug-likeness (QED) is 0.378. The molecule has 8 heteroatoms. The Morgan fingerprint density at radius 1 is 1.14 bits per heavy atom. The summed E-state index contributed by atoms with van der Waals surface area (Å²) in [4.78, 5) is 34.7. The summed E-state index contributed by atoms with van der Waals surface area (Å²) >= 11 is 3.77. The smallest absolute Gasteiger partial charge is 0.245 e. The van der Waals surface area contributed by atoms with Crippen LogP contribution in [-0.4, -0.2) is 47.3 Å². The molecule has 0 fully saturated rings. The molecule has 1 aromatic carbocycles. The highest BCUT2D eigenvalue weighted by atomic mass is 32.1. The summed E-state index contributed by atoms with van der Waals surface area (Å²) < 4.78 is 0. The third kappa shape index (κ3) is 5.74. The Balaban J connectivity index is 2.71. The van der Waals surface area contributed by atoms with E-state index in [0.29, 0.717) is 0 Å². The molecule has 0 aliphatic carbocycles. The van der Waals surface area contributed by atoms with E-state index in [2.05, 4.69) is 23.3 Å². The van der Waals surface area contributed by atoms with Crippen LogP contribution in [-0.2, 0) is 20.8 Å². The van der Waals surface area contributed by atoms with Gasteiger partial charge in [0.1, 0.15) is 12.1 Å². The van der Waals surface area contributed by atoms with E-state index in [1.165, 1.54) is 0 Å². The first-order valence-corrected chi connectivity index (χ1v) is 7.25. The number of primary amides is 1. The molecule has 0 radical (unpaired) electrons. The average molecular weight is 325 g/mol. The first kappa shape index (κ1) is 18.0. The van der Waals surface area contributed by atoms with Crippen LogP contribution in [0.15, 0.2) is 30.3 Å². The molecule has 1 aromatic rings. The maximum Gasteiger partial charge on any atom is 0.245 e. The van der Waals surface area contributed by atoms with Crippen molar-refractivity contribution in [1.82, 2.24) is 10.6 Å². The first-order valence-electron chi connectivity index (χ1n) is 6.62. The number of carbonyl (C=O) groups excluding carboxylic acids is 3. The second kappa shape index (κ2) is 9.06. The van der Waals surface area contributed by atoms with Crippen molar-refractivity contribution in [3.05, 3.63) is 35.9 Å². The van der Waals surface area contributed by atoms with Gasteiger partial charge in [0.25, 0.3) is 0 Å². The largest absolute Gasteiger partial charge is 0.394 e. The van der Waals surface area contributed by atoms with Crippen LogP contribution in [0, 0.1) is 0 Å². The van der Waals surface area contributed by atoms with E-state index in [0.717, 1.165) is 5.56 Å². The summed E-state index contributed by atoms with van der Waals surface area (Å²) in [7, 11) is 0. The minimum atomic E-state index is -1.16. The monoisotopic (exact) mass is 325 g/mol. The van der Waals surface area contributed by atoms with Crippen molar-refractivity contribution in [2.75, 3.05) is 12.4 Å². The van der Waals surface area contributed by atoms with Gasteiger partial charge in [-0.05, 0) is 5.56 Å². The molecule has 3 amide bonds. The number of nitrogens with two attached hydrogens (primary N) is 1. The number of hydrogen-bond acceptors (Lipinski definition) is 5. The molecule has 0 aliphatic heterocycles. The summed E-state index contributed by atoms with van der Waals surface area (Å²) in [5.74, 6) is -2.00. The van der Waals surface area contributed by atoms with Gasteiger partial charge in [-0.3, -0.25) is 14.4 Å². The van der Waals surface area contributed by atoms with Crippen molar-refractivity contribution >= 4 is 30.4 Å². The normalized spacial score (nSPS) is 13.0. The standard InChI is InChI=1S/C14H19N3O4S/c15-13(20)10(6-9-4-2-1-3-5-9)17-14(21)11(7-18)16-12(19)8-22/h1-5,10-11,18,22H,6-8H2,(H2,15,20)(H,16,19)(H,17,21)/t10-,11-/m0/s1. The second-order valence-corrected chi connectivity index (χ2v) is 4.93. The Morgan fingerprint density at radius 2 is 1.77 bits per heavy atom. The van der Waals surface area contributed by atoms with Crippen LogP contribution in [0.3, 0.4) is 0 Å². The van der Waals surface area contributed by atoms with Crippen molar-refractivity contribution in [3.8, 4) is 0 Å². The molecule has 1 rings (SSSR count). The number of benzene rings is 1. The maximum absolute atomic E-state index is 12.0. The molecule has 0 aliphatic rings. The van der Waals surface area contributed by atoms with Gasteiger partial charge in [-0.15, -0.1) is 0 Å². The van der Waals surface area contributed by atoms with Gasteiger partial charge in [-0.1, -0.05) is 30.3 Å². The van der Waals surface area contributed by atoms with Gasteiger partial charge >= 0.3 is 0 Å². The fourth-order valence-electron chi connectivity index (χ4n) is 1.78. The van der Waals surface area contributed by atoms with E-state index >= 15 is 0 Å². The molecule has 0 unspecified atom stereocenters. The van der Waals surface area contributed by atoms with Crippen LogP contribution < -0.4 is 16.4 Å². The third-order valence-electron chi connectivity index (χ3n) is 2.92. The Bertz CT molecular complexity index is 524. The zero-order valence-electron chi connectivity index (χ0n) is 11.9. The Labute approximate surface area is 133 Å². The van der Waals surface area contributed by atoms with E-state index in [1.54, 1.807) is 24.3 Å². The fraction of sp³-hybridized carbons (Fsp3) is 0.357. The van der Waals surface area contributed by atoms with Crippen molar-refractivity contribution in [1.29, 1.82) is 0 Å². The molecule has 7 nitrogen and oxygen atoms in total. The maximum atomic E-state index is 12.0. The van der Waals surface area contributed by atoms with Gasteiger partial charge in [0.15, 0.2) is 0 Å². The highest BCUT2D eigenvalue weighted by Gasteiger charge is 2.25. The van der Waals surface area contributed by atoms with Gasteiger partial charge in [0.05, 0.1) is 12.4 Å². The summed E-state index contributed by atoms with van der Waals surface area (Å²) in [6.45, 7) is -0.595. The lowest BCUT2D eigenvalue weighted by atomic mass is 10.1. The zero-order valence-corrected chi connectivity index (χ0v) is 12.8. The third-order valence-corrected chi connectivity index (χ3v) is 3.21. The van der Waals surface area contributed by atoms with Crippen molar-refractivity contribution < 1.29 is 19.5 Å². The molecule has 120 valence electrons. The predicted molar refractivity (Wildman–Crippen MR) is 84.1 cm³/mol. The first-order chi connectivity index (χ1) is 10.5. The van der Waals surface area contributed by atoms with Crippen molar-refractivity contribution in [3.63, 3.8) is 0 Å². The lowest BCUT2D eigenvalue weighted by Gasteiger charge is -2.20. The lowest BCUT2D eigenvalue weighted by molar-refractivity contribution is -0.131. The number of hydrogen-bond donors (Lipinski definition) is 5. The number of thiol groups is 1. The van der Waals surface area contributed by atoms with Gasteiger partial charge in [0, 0.05) is 6.42 Å². The average Bonchev–Trinajstić information content (AvgIpc) is 2.52. The highest BCUT2D eigenvalue weighted by Crippen LogP contribution is 2.03. The molecule has 0 aromatic heterocycles. The Kier molecular flexibility index (Phi) is 7.41. The Morgan fingerprint density at radius 3 is 2.27 bits per heavy atom. The number of rotatable bonds is 8. The summed E-state index contributed by atoms with van der Waals surface area (Å²) in [5.41, 5.74) is 6.11. The van der Waals surface area contributed by atoms with Crippen LogP contribution in [0.5, 0.6) is 0 Å². The van der Waals surface area contributed by atoms with Gasteiger partial charge in [0.2, 0.25) is 17.7 Å². The topological polar surface area (TPSA) is 122 Å². The SMILES string of the molecule is NC(=O)[C@H](Cc1ccccc1)NC(=O)[C@H](CO)NC(=O)CS. The number of aliphatic hydroxyl groups is 1. The number of amides is 3. The molecule has 0 saturated carbocycles.